The second kappa shape index (κ2) is 17.9. The van der Waals surface area contributed by atoms with Gasteiger partial charge >= 0.3 is 0 Å². The molecule has 128 valence electrons. The molecule has 0 amide bonds. The molecule has 2 nitrogen and oxygen atoms in total. The topological polar surface area (TPSA) is 40.5 Å². The van der Waals surface area contributed by atoms with Crippen LogP contribution in [0, 0.1) is 36.2 Å². The van der Waals surface area contributed by atoms with Crippen molar-refractivity contribution in [1.82, 2.24) is 0 Å². The van der Waals surface area contributed by atoms with Crippen molar-refractivity contribution < 1.29 is 10.2 Å². The third-order valence-electron chi connectivity index (χ3n) is 3.99. The summed E-state index contributed by atoms with van der Waals surface area (Å²) in [6.45, 7) is 8.52. The Morgan fingerprint density at radius 1 is 0.909 bits per heavy atom. The van der Waals surface area contributed by atoms with E-state index in [1.54, 1.807) is 0 Å². The van der Waals surface area contributed by atoms with E-state index < -0.39 is 6.10 Å². The maximum atomic E-state index is 9.31. The van der Waals surface area contributed by atoms with Gasteiger partial charge in [0.1, 0.15) is 12.2 Å². The quantitative estimate of drug-likeness (QED) is 0.434. The van der Waals surface area contributed by atoms with Gasteiger partial charge in [0.15, 0.2) is 0 Å². The lowest BCUT2D eigenvalue weighted by atomic mass is 9.94. The molecule has 0 aromatic heterocycles. The van der Waals surface area contributed by atoms with E-state index >= 15 is 0 Å². The van der Waals surface area contributed by atoms with Crippen LogP contribution in [0.25, 0.3) is 0 Å². The van der Waals surface area contributed by atoms with Gasteiger partial charge in [-0.05, 0) is 31.6 Å². The average molecular weight is 309 g/mol. The van der Waals surface area contributed by atoms with Gasteiger partial charge < -0.3 is 10.2 Å². The molecule has 0 fully saturated rings. The van der Waals surface area contributed by atoms with Crippen molar-refractivity contribution in [2.24, 2.45) is 11.8 Å². The first-order chi connectivity index (χ1) is 10.6. The fourth-order valence-electron chi connectivity index (χ4n) is 2.30. The van der Waals surface area contributed by atoms with E-state index in [0.29, 0.717) is 11.8 Å². The summed E-state index contributed by atoms with van der Waals surface area (Å²) in [5, 5.41) is 17.7. The van der Waals surface area contributed by atoms with Crippen molar-refractivity contribution in [2.45, 2.75) is 91.6 Å². The molecular formula is C20H36O2. The van der Waals surface area contributed by atoms with Crippen molar-refractivity contribution in [3.05, 3.63) is 0 Å². The minimum Gasteiger partial charge on any atom is -0.462 e. The Morgan fingerprint density at radius 3 is 1.95 bits per heavy atom. The summed E-state index contributed by atoms with van der Waals surface area (Å²) in [4.78, 5) is 0. The number of unbranched alkanes of at least 4 members (excludes halogenated alkanes) is 3. The highest BCUT2D eigenvalue weighted by Crippen LogP contribution is 2.16. The van der Waals surface area contributed by atoms with E-state index in [0.717, 1.165) is 32.1 Å². The fraction of sp³-hybridized carbons (Fsp3) is 0.800. The lowest BCUT2D eigenvalue weighted by Gasteiger charge is -2.15. The normalized spacial score (nSPS) is 13.6. The first kappa shape index (κ1) is 23.2. The molecule has 0 heterocycles. The summed E-state index contributed by atoms with van der Waals surface area (Å²) in [5.41, 5.74) is 0. The SMILES string of the molecule is C#CC(O)C(CC)CCCC.CCCCCC(C#CO)CC. The lowest BCUT2D eigenvalue weighted by Crippen LogP contribution is -2.17. The van der Waals surface area contributed by atoms with E-state index in [9.17, 15) is 5.11 Å². The molecule has 0 rings (SSSR count). The Labute approximate surface area is 138 Å². The molecule has 0 aliphatic carbocycles. The molecule has 0 radical (unpaired) electrons. The number of hydrogen-bond donors (Lipinski definition) is 2. The Bertz CT molecular complexity index is 319. The number of aliphatic hydroxyl groups excluding tert-OH is 2. The molecule has 0 saturated carbocycles. The Morgan fingerprint density at radius 2 is 1.55 bits per heavy atom. The zero-order valence-corrected chi connectivity index (χ0v) is 15.1. The van der Waals surface area contributed by atoms with Crippen LogP contribution >= 0.6 is 0 Å². The molecule has 0 saturated heterocycles. The molecule has 22 heavy (non-hydrogen) atoms. The third-order valence-corrected chi connectivity index (χ3v) is 3.99. The van der Waals surface area contributed by atoms with Crippen LogP contribution in [0.3, 0.4) is 0 Å². The summed E-state index contributed by atoms with van der Waals surface area (Å²) < 4.78 is 0. The Kier molecular flexibility index (Phi) is 18.9. The average Bonchev–Trinajstić information content (AvgIpc) is 2.55. The van der Waals surface area contributed by atoms with Crippen molar-refractivity contribution in [2.75, 3.05) is 0 Å². The zero-order valence-electron chi connectivity index (χ0n) is 15.1. The molecular weight excluding hydrogens is 272 g/mol. The molecule has 3 unspecified atom stereocenters. The van der Waals surface area contributed by atoms with Crippen molar-refractivity contribution in [3.63, 3.8) is 0 Å². The van der Waals surface area contributed by atoms with Crippen LogP contribution in [-0.2, 0) is 0 Å². The largest absolute Gasteiger partial charge is 0.462 e. The van der Waals surface area contributed by atoms with Crippen LogP contribution in [0.15, 0.2) is 0 Å². The predicted molar refractivity (Wildman–Crippen MR) is 95.8 cm³/mol. The summed E-state index contributed by atoms with van der Waals surface area (Å²) in [6, 6.07) is 0. The summed E-state index contributed by atoms with van der Waals surface area (Å²) in [5.74, 6) is 5.89. The van der Waals surface area contributed by atoms with Crippen molar-refractivity contribution in [1.29, 1.82) is 0 Å². The highest BCUT2D eigenvalue weighted by molar-refractivity contribution is 4.96. The minimum absolute atomic E-state index is 0.306. The standard InChI is InChI=1S/2C10H18O/c1-4-7-8-9(5-2)10(11)6-3;1-3-5-6-7-10(4-2)8-9-11/h3,9-11H,4-5,7-8H2,1-2H3;10-11H,3-7H2,1-2H3. The summed E-state index contributed by atoms with van der Waals surface area (Å²) >= 11 is 0. The van der Waals surface area contributed by atoms with Crippen LogP contribution < -0.4 is 0 Å². The highest BCUT2D eigenvalue weighted by atomic mass is 16.3. The van der Waals surface area contributed by atoms with E-state index in [2.05, 4.69) is 39.5 Å². The fourth-order valence-corrected chi connectivity index (χ4v) is 2.30. The van der Waals surface area contributed by atoms with Crippen LogP contribution in [-0.4, -0.2) is 16.3 Å². The van der Waals surface area contributed by atoms with Gasteiger partial charge in [-0.3, -0.25) is 0 Å². The molecule has 2 N–H and O–H groups in total. The molecule has 0 aliphatic heterocycles. The number of rotatable bonds is 10. The minimum atomic E-state index is -0.536. The highest BCUT2D eigenvalue weighted by Gasteiger charge is 2.13. The van der Waals surface area contributed by atoms with E-state index in [1.807, 2.05) is 6.11 Å². The van der Waals surface area contributed by atoms with Gasteiger partial charge in [0.2, 0.25) is 0 Å². The van der Waals surface area contributed by atoms with Gasteiger partial charge in [-0.1, -0.05) is 71.6 Å². The van der Waals surface area contributed by atoms with Crippen LogP contribution in [0.1, 0.15) is 85.5 Å². The predicted octanol–water partition coefficient (Wildman–Crippen LogP) is 5.12. The molecule has 2 heteroatoms. The van der Waals surface area contributed by atoms with Crippen molar-refractivity contribution >= 4 is 0 Å². The van der Waals surface area contributed by atoms with Crippen molar-refractivity contribution in [3.8, 4) is 24.4 Å². The van der Waals surface area contributed by atoms with E-state index in [1.165, 1.54) is 25.7 Å². The third kappa shape index (κ3) is 13.8. The van der Waals surface area contributed by atoms with Gasteiger partial charge in [0.25, 0.3) is 0 Å². The Hall–Kier alpha value is -1.12. The second-order valence-electron chi connectivity index (χ2n) is 5.78. The molecule has 0 aromatic rings. The number of terminal acetylenes is 1. The maximum Gasteiger partial charge on any atom is 0.117 e. The van der Waals surface area contributed by atoms with Gasteiger partial charge in [0, 0.05) is 5.92 Å². The molecule has 0 aromatic carbocycles. The Balaban J connectivity index is 0. The zero-order chi connectivity index (χ0) is 17.2. The molecule has 3 atom stereocenters. The van der Waals surface area contributed by atoms with E-state index in [4.69, 9.17) is 11.5 Å². The molecule has 0 spiro atoms. The second-order valence-corrected chi connectivity index (χ2v) is 5.78. The monoisotopic (exact) mass is 308 g/mol. The summed E-state index contributed by atoms with van der Waals surface area (Å²) in [6.07, 6.45) is 16.9. The van der Waals surface area contributed by atoms with Crippen LogP contribution in [0.4, 0.5) is 0 Å². The van der Waals surface area contributed by atoms with Crippen LogP contribution in [0.5, 0.6) is 0 Å². The smallest absolute Gasteiger partial charge is 0.117 e. The van der Waals surface area contributed by atoms with Gasteiger partial charge in [-0.25, -0.2) is 0 Å². The maximum absolute atomic E-state index is 9.31. The van der Waals surface area contributed by atoms with E-state index in [-0.39, 0.29) is 0 Å². The van der Waals surface area contributed by atoms with Gasteiger partial charge in [-0.15, -0.1) is 6.42 Å². The van der Waals surface area contributed by atoms with Crippen LogP contribution in [0.2, 0.25) is 0 Å². The summed E-state index contributed by atoms with van der Waals surface area (Å²) in [7, 11) is 0. The molecule has 0 bridgehead atoms. The van der Waals surface area contributed by atoms with Gasteiger partial charge in [-0.2, -0.15) is 0 Å². The molecule has 0 aliphatic rings. The van der Waals surface area contributed by atoms with Gasteiger partial charge in [0.05, 0.1) is 0 Å². The lowest BCUT2D eigenvalue weighted by molar-refractivity contribution is 0.150. The first-order valence-electron chi connectivity index (χ1n) is 8.89. The number of hydrogen-bond acceptors (Lipinski definition) is 2. The number of aliphatic hydroxyl groups is 2. The first-order valence-corrected chi connectivity index (χ1v) is 8.89.